The smallest absolute Gasteiger partial charge is 0.344 e. The first-order valence-corrected chi connectivity index (χ1v) is 7.10. The van der Waals surface area contributed by atoms with Crippen LogP contribution in [0.15, 0.2) is 30.3 Å². The summed E-state index contributed by atoms with van der Waals surface area (Å²) in [5.41, 5.74) is 1.34. The summed E-state index contributed by atoms with van der Waals surface area (Å²) in [5, 5.41) is 3.29. The largest absolute Gasteiger partial charge is 0.493 e. The number of ether oxygens (including phenoxy) is 1. The van der Waals surface area contributed by atoms with E-state index in [4.69, 9.17) is 4.74 Å². The molecule has 7 nitrogen and oxygen atoms in total. The lowest BCUT2D eigenvalue weighted by Crippen LogP contribution is -2.48. The van der Waals surface area contributed by atoms with Crippen LogP contribution in [0.2, 0.25) is 0 Å². The van der Waals surface area contributed by atoms with Gasteiger partial charge in [-0.3, -0.25) is 15.0 Å². The number of nitrogens with one attached hydrogen (secondary N) is 2. The number of nitrogens with zero attached hydrogens (tertiary/aromatic N) is 1. The molecule has 1 aromatic rings. The molecule has 1 unspecified atom stereocenters. The fourth-order valence-corrected chi connectivity index (χ4v) is 1.98. The van der Waals surface area contributed by atoms with Crippen LogP contribution in [0.1, 0.15) is 26.7 Å². The van der Waals surface area contributed by atoms with Crippen molar-refractivity contribution in [3.63, 3.8) is 0 Å². The Morgan fingerprint density at radius 1 is 1.32 bits per heavy atom. The van der Waals surface area contributed by atoms with Gasteiger partial charge >= 0.3 is 6.03 Å². The van der Waals surface area contributed by atoms with Crippen LogP contribution in [-0.2, 0) is 9.59 Å². The Hall–Kier alpha value is -2.57. The van der Waals surface area contributed by atoms with Crippen molar-refractivity contribution in [2.24, 2.45) is 0 Å². The van der Waals surface area contributed by atoms with Crippen LogP contribution in [0.25, 0.3) is 0 Å². The Kier molecular flexibility index (Phi) is 4.65. The molecule has 1 aliphatic heterocycles. The first kappa shape index (κ1) is 15.8. The number of hydrogen-bond acceptors (Lipinski definition) is 4. The van der Waals surface area contributed by atoms with Crippen LogP contribution in [0.4, 0.5) is 4.79 Å². The van der Waals surface area contributed by atoms with Gasteiger partial charge in [0.05, 0.1) is 13.0 Å². The van der Waals surface area contributed by atoms with Gasteiger partial charge in [0.1, 0.15) is 11.3 Å². The molecule has 0 spiro atoms. The molecule has 118 valence electrons. The van der Waals surface area contributed by atoms with Gasteiger partial charge in [-0.05, 0) is 25.5 Å². The first-order valence-electron chi connectivity index (χ1n) is 7.10. The van der Waals surface area contributed by atoms with Gasteiger partial charge in [0.15, 0.2) is 0 Å². The standard InChI is InChI=1S/C15H19N3O4/c1-3-15(2)13(20)18(14(21)16-15)17-12(19)9-10-22-11-7-5-4-6-8-11/h4-8H,3,9-10H2,1-2H3,(H,16,21)(H,17,19). The Morgan fingerprint density at radius 2 is 2.00 bits per heavy atom. The second-order valence-electron chi connectivity index (χ2n) is 5.20. The highest BCUT2D eigenvalue weighted by Gasteiger charge is 2.47. The molecule has 22 heavy (non-hydrogen) atoms. The third-order valence-electron chi connectivity index (χ3n) is 3.55. The maximum absolute atomic E-state index is 12.1. The van der Waals surface area contributed by atoms with E-state index in [2.05, 4.69) is 10.7 Å². The molecule has 2 rings (SSSR count). The summed E-state index contributed by atoms with van der Waals surface area (Å²) in [6, 6.07) is 8.46. The molecule has 0 aromatic heterocycles. The second kappa shape index (κ2) is 6.46. The molecule has 1 saturated heterocycles. The van der Waals surface area contributed by atoms with E-state index in [-0.39, 0.29) is 13.0 Å². The maximum Gasteiger partial charge on any atom is 0.344 e. The van der Waals surface area contributed by atoms with Crippen molar-refractivity contribution in [2.45, 2.75) is 32.2 Å². The van der Waals surface area contributed by atoms with Crippen LogP contribution in [-0.4, -0.2) is 35.0 Å². The van der Waals surface area contributed by atoms with E-state index in [9.17, 15) is 14.4 Å². The average Bonchev–Trinajstić information content (AvgIpc) is 2.72. The normalized spacial score (nSPS) is 20.7. The Morgan fingerprint density at radius 3 is 2.59 bits per heavy atom. The van der Waals surface area contributed by atoms with Crippen LogP contribution >= 0.6 is 0 Å². The number of benzene rings is 1. The van der Waals surface area contributed by atoms with Gasteiger partial charge in [-0.25, -0.2) is 4.79 Å². The highest BCUT2D eigenvalue weighted by atomic mass is 16.5. The van der Waals surface area contributed by atoms with Crippen molar-refractivity contribution in [2.75, 3.05) is 6.61 Å². The fourth-order valence-electron chi connectivity index (χ4n) is 1.98. The van der Waals surface area contributed by atoms with Gasteiger partial charge in [-0.15, -0.1) is 0 Å². The summed E-state index contributed by atoms with van der Waals surface area (Å²) in [6.45, 7) is 3.57. The molecule has 4 amide bonds. The third-order valence-corrected chi connectivity index (χ3v) is 3.55. The fraction of sp³-hybridized carbons (Fsp3) is 0.400. The predicted molar refractivity (Wildman–Crippen MR) is 78.8 cm³/mol. The minimum absolute atomic E-state index is 0.0365. The highest BCUT2D eigenvalue weighted by Crippen LogP contribution is 2.19. The molecule has 1 aliphatic rings. The molecule has 1 heterocycles. The molecular weight excluding hydrogens is 286 g/mol. The summed E-state index contributed by atoms with van der Waals surface area (Å²) in [4.78, 5) is 35.6. The number of hydrogen-bond donors (Lipinski definition) is 2. The number of carbonyl (C=O) groups is 3. The zero-order valence-electron chi connectivity index (χ0n) is 12.6. The first-order chi connectivity index (χ1) is 10.5. The molecule has 1 fully saturated rings. The second-order valence-corrected chi connectivity index (χ2v) is 5.20. The predicted octanol–water partition coefficient (Wildman–Crippen LogP) is 1.21. The lowest BCUT2D eigenvalue weighted by atomic mass is 10.00. The van der Waals surface area contributed by atoms with Gasteiger partial charge < -0.3 is 10.1 Å². The van der Waals surface area contributed by atoms with E-state index < -0.39 is 23.4 Å². The highest BCUT2D eigenvalue weighted by molar-refractivity contribution is 6.07. The number of urea groups is 1. The van der Waals surface area contributed by atoms with E-state index in [0.29, 0.717) is 12.2 Å². The Labute approximate surface area is 128 Å². The molecule has 1 atom stereocenters. The van der Waals surface area contributed by atoms with E-state index in [1.54, 1.807) is 26.0 Å². The van der Waals surface area contributed by atoms with Crippen LogP contribution in [0.5, 0.6) is 5.75 Å². The topological polar surface area (TPSA) is 87.7 Å². The minimum Gasteiger partial charge on any atom is -0.493 e. The number of hydrazine groups is 1. The molecular formula is C15H19N3O4. The quantitative estimate of drug-likeness (QED) is 0.773. The van der Waals surface area contributed by atoms with Gasteiger partial charge in [0.25, 0.3) is 5.91 Å². The lowest BCUT2D eigenvalue weighted by molar-refractivity contribution is -0.139. The van der Waals surface area contributed by atoms with Gasteiger partial charge in [-0.2, -0.15) is 5.01 Å². The number of rotatable bonds is 6. The van der Waals surface area contributed by atoms with Crippen molar-refractivity contribution < 1.29 is 19.1 Å². The molecule has 0 saturated carbocycles. The molecule has 0 aliphatic carbocycles. The van der Waals surface area contributed by atoms with Crippen LogP contribution in [0, 0.1) is 0 Å². The summed E-state index contributed by atoms with van der Waals surface area (Å²) < 4.78 is 5.39. The minimum atomic E-state index is -0.967. The monoisotopic (exact) mass is 305 g/mol. The van der Waals surface area contributed by atoms with Crippen LogP contribution < -0.4 is 15.5 Å². The summed E-state index contributed by atoms with van der Waals surface area (Å²) in [5.74, 6) is -0.263. The van der Waals surface area contributed by atoms with Crippen molar-refractivity contribution >= 4 is 17.8 Å². The van der Waals surface area contributed by atoms with E-state index in [1.807, 2.05) is 18.2 Å². The number of imide groups is 1. The number of carbonyl (C=O) groups excluding carboxylic acids is 3. The average molecular weight is 305 g/mol. The van der Waals surface area contributed by atoms with E-state index in [1.165, 1.54) is 0 Å². The van der Waals surface area contributed by atoms with Crippen molar-refractivity contribution in [3.8, 4) is 5.75 Å². The summed E-state index contributed by atoms with van der Waals surface area (Å²) >= 11 is 0. The van der Waals surface area contributed by atoms with Crippen LogP contribution in [0.3, 0.4) is 0 Å². The Balaban J connectivity index is 1.82. The van der Waals surface area contributed by atoms with Crippen molar-refractivity contribution in [3.05, 3.63) is 30.3 Å². The molecule has 1 aromatic carbocycles. The van der Waals surface area contributed by atoms with Gasteiger partial charge in [0.2, 0.25) is 5.91 Å². The molecule has 0 radical (unpaired) electrons. The molecule has 7 heteroatoms. The van der Waals surface area contributed by atoms with Crippen molar-refractivity contribution in [1.29, 1.82) is 0 Å². The van der Waals surface area contributed by atoms with Crippen molar-refractivity contribution in [1.82, 2.24) is 15.8 Å². The lowest BCUT2D eigenvalue weighted by Gasteiger charge is -2.19. The van der Waals surface area contributed by atoms with E-state index >= 15 is 0 Å². The number of para-hydroxylation sites is 1. The maximum atomic E-state index is 12.1. The third kappa shape index (κ3) is 3.36. The summed E-state index contributed by atoms with van der Waals surface area (Å²) in [7, 11) is 0. The van der Waals surface area contributed by atoms with Gasteiger partial charge in [0, 0.05) is 0 Å². The zero-order valence-corrected chi connectivity index (χ0v) is 12.6. The summed E-state index contributed by atoms with van der Waals surface area (Å²) in [6.07, 6.45) is 0.482. The Bertz CT molecular complexity index is 575. The van der Waals surface area contributed by atoms with E-state index in [0.717, 1.165) is 5.01 Å². The number of amides is 4. The van der Waals surface area contributed by atoms with Gasteiger partial charge in [-0.1, -0.05) is 25.1 Å². The molecule has 2 N–H and O–H groups in total. The molecule has 0 bridgehead atoms. The zero-order chi connectivity index (χ0) is 16.2. The SMILES string of the molecule is CCC1(C)NC(=O)N(NC(=O)CCOc2ccccc2)C1=O.